The molecule has 0 aliphatic carbocycles. The molecule has 27 heavy (non-hydrogen) atoms. The van der Waals surface area contributed by atoms with Gasteiger partial charge in [0.2, 0.25) is 5.91 Å². The largest absolute Gasteiger partial charge is 0.457 e. The Bertz CT molecular complexity index is 929. The van der Waals surface area contributed by atoms with E-state index in [0.29, 0.717) is 17.2 Å². The van der Waals surface area contributed by atoms with Crippen molar-refractivity contribution < 1.29 is 26.7 Å². The third-order valence-electron chi connectivity index (χ3n) is 4.04. The van der Waals surface area contributed by atoms with Crippen LogP contribution in [0.5, 0.6) is 11.5 Å². The van der Waals surface area contributed by atoms with Gasteiger partial charge in [-0.15, -0.1) is 0 Å². The van der Waals surface area contributed by atoms with Crippen molar-refractivity contribution >= 4 is 21.4 Å². The van der Waals surface area contributed by atoms with Crippen LogP contribution in [0.1, 0.15) is 6.42 Å². The average molecular weight is 396 g/mol. The molecule has 1 atom stereocenters. The van der Waals surface area contributed by atoms with Crippen LogP contribution in [0.3, 0.4) is 0 Å². The molecule has 0 bridgehead atoms. The first-order chi connectivity index (χ1) is 12.6. The van der Waals surface area contributed by atoms with Gasteiger partial charge >= 0.3 is 0 Å². The smallest absolute Gasteiger partial charge is 0.262 e. The number of carbonyl (C=O) groups excluding carboxylic acids is 1. The Kier molecular flexibility index (Phi) is 5.16. The molecule has 0 spiro atoms. The van der Waals surface area contributed by atoms with Gasteiger partial charge in [0.05, 0.1) is 17.5 Å². The summed E-state index contributed by atoms with van der Waals surface area (Å²) in [7, 11) is -3.27. The molecule has 1 saturated heterocycles. The molecule has 2 aromatic carbocycles. The number of nitrogens with one attached hydrogen (secondary N) is 2. The first-order valence-electron chi connectivity index (χ1n) is 8.13. The van der Waals surface area contributed by atoms with Crippen LogP contribution in [0, 0.1) is 0 Å². The Morgan fingerprint density at radius 3 is 2.15 bits per heavy atom. The van der Waals surface area contributed by atoms with Crippen LogP contribution in [-0.2, 0) is 14.6 Å². The number of carbonyl (C=O) groups is 1. The van der Waals surface area contributed by atoms with Crippen LogP contribution in [0.25, 0.3) is 0 Å². The van der Waals surface area contributed by atoms with Gasteiger partial charge in [-0.25, -0.2) is 17.2 Å². The van der Waals surface area contributed by atoms with E-state index in [1.165, 1.54) is 24.3 Å². The maximum absolute atomic E-state index is 13.2. The van der Waals surface area contributed by atoms with Gasteiger partial charge in [0.1, 0.15) is 11.5 Å². The summed E-state index contributed by atoms with van der Waals surface area (Å²) in [5.41, 5.74) is 0.455. The van der Waals surface area contributed by atoms with Crippen molar-refractivity contribution in [2.75, 3.05) is 18.1 Å². The zero-order valence-corrected chi connectivity index (χ0v) is 15.2. The molecule has 2 N–H and O–H groups in total. The van der Waals surface area contributed by atoms with Gasteiger partial charge in [0.15, 0.2) is 9.84 Å². The number of hydrogen-bond donors (Lipinski definition) is 2. The molecule has 0 radical (unpaired) electrons. The van der Waals surface area contributed by atoms with Crippen molar-refractivity contribution in [1.29, 1.82) is 0 Å². The summed E-state index contributed by atoms with van der Waals surface area (Å²) in [6, 6.07) is 11.4. The maximum Gasteiger partial charge on any atom is 0.262 e. The standard InChI is InChI=1S/C18H18F2N2O4S/c1-27(24,25)15-8-6-14(7-9-15)26-13-4-2-12(3-5-13)22-17(23)16-10-18(19,20)11-21-16/h2-9,16,21H,10-11H2,1H3,(H,22,23). The van der Waals surface area contributed by atoms with Gasteiger partial charge in [-0.3, -0.25) is 10.1 Å². The number of sulfone groups is 1. The minimum atomic E-state index is -3.27. The van der Waals surface area contributed by atoms with E-state index >= 15 is 0 Å². The number of rotatable bonds is 5. The summed E-state index contributed by atoms with van der Waals surface area (Å²) >= 11 is 0. The van der Waals surface area contributed by atoms with Gasteiger partial charge in [0, 0.05) is 18.4 Å². The van der Waals surface area contributed by atoms with E-state index in [2.05, 4.69) is 10.6 Å². The Morgan fingerprint density at radius 1 is 1.11 bits per heavy atom. The maximum atomic E-state index is 13.2. The number of hydrogen-bond acceptors (Lipinski definition) is 5. The molecule has 0 saturated carbocycles. The zero-order valence-electron chi connectivity index (χ0n) is 14.4. The number of amides is 1. The molecule has 6 nitrogen and oxygen atoms in total. The summed E-state index contributed by atoms with van der Waals surface area (Å²) < 4.78 is 54.8. The second-order valence-electron chi connectivity index (χ2n) is 6.35. The van der Waals surface area contributed by atoms with Gasteiger partial charge in [0.25, 0.3) is 5.92 Å². The molecule has 0 aromatic heterocycles. The molecule has 1 aliphatic heterocycles. The summed E-state index contributed by atoms with van der Waals surface area (Å²) in [5, 5.41) is 5.08. The highest BCUT2D eigenvalue weighted by Gasteiger charge is 2.42. The monoisotopic (exact) mass is 396 g/mol. The Labute approximate surface area is 155 Å². The van der Waals surface area contributed by atoms with Gasteiger partial charge in [-0.2, -0.15) is 0 Å². The van der Waals surface area contributed by atoms with Crippen molar-refractivity contribution in [3.05, 3.63) is 48.5 Å². The summed E-state index contributed by atoms with van der Waals surface area (Å²) in [6.07, 6.45) is 0.599. The molecule has 1 amide bonds. The van der Waals surface area contributed by atoms with Crippen molar-refractivity contribution in [2.24, 2.45) is 0 Å². The number of benzene rings is 2. The highest BCUT2D eigenvalue weighted by atomic mass is 32.2. The SMILES string of the molecule is CS(=O)(=O)c1ccc(Oc2ccc(NC(=O)C3CC(F)(F)CN3)cc2)cc1. The molecule has 1 unspecified atom stereocenters. The fraction of sp³-hybridized carbons (Fsp3) is 0.278. The molecular formula is C18H18F2N2O4S. The molecule has 1 heterocycles. The van der Waals surface area contributed by atoms with E-state index < -0.39 is 40.7 Å². The predicted octanol–water partition coefficient (Wildman–Crippen LogP) is 2.82. The average Bonchev–Trinajstić information content (AvgIpc) is 2.96. The molecule has 144 valence electrons. The summed E-state index contributed by atoms with van der Waals surface area (Å²) in [5.74, 6) is -2.45. The second kappa shape index (κ2) is 7.24. The van der Waals surface area contributed by atoms with Gasteiger partial charge < -0.3 is 10.1 Å². The predicted molar refractivity (Wildman–Crippen MR) is 96.1 cm³/mol. The minimum absolute atomic E-state index is 0.194. The lowest BCUT2D eigenvalue weighted by Crippen LogP contribution is -2.35. The van der Waals surface area contributed by atoms with Crippen molar-refractivity contribution in [3.8, 4) is 11.5 Å². The number of ether oxygens (including phenoxy) is 1. The van der Waals surface area contributed by atoms with Crippen LogP contribution < -0.4 is 15.4 Å². The van der Waals surface area contributed by atoms with Crippen LogP contribution >= 0.6 is 0 Å². The molecule has 1 fully saturated rings. The van der Waals surface area contributed by atoms with Crippen LogP contribution in [0.15, 0.2) is 53.4 Å². The number of alkyl halides is 2. The lowest BCUT2D eigenvalue weighted by Gasteiger charge is -2.12. The van der Waals surface area contributed by atoms with E-state index in [1.54, 1.807) is 24.3 Å². The fourth-order valence-electron chi connectivity index (χ4n) is 2.63. The normalized spacial score (nSPS) is 18.9. The molecule has 3 rings (SSSR count). The third-order valence-corrected chi connectivity index (χ3v) is 5.16. The van der Waals surface area contributed by atoms with Crippen molar-refractivity contribution in [1.82, 2.24) is 5.32 Å². The Balaban J connectivity index is 1.59. The second-order valence-corrected chi connectivity index (χ2v) is 8.37. The minimum Gasteiger partial charge on any atom is -0.457 e. The van der Waals surface area contributed by atoms with E-state index in [9.17, 15) is 22.0 Å². The van der Waals surface area contributed by atoms with Crippen LogP contribution in [0.2, 0.25) is 0 Å². The highest BCUT2D eigenvalue weighted by Crippen LogP contribution is 2.27. The van der Waals surface area contributed by atoms with Crippen molar-refractivity contribution in [2.45, 2.75) is 23.3 Å². The van der Waals surface area contributed by atoms with E-state index in [4.69, 9.17) is 4.74 Å². The lowest BCUT2D eigenvalue weighted by molar-refractivity contribution is -0.118. The first-order valence-corrected chi connectivity index (χ1v) is 10.0. The van der Waals surface area contributed by atoms with Crippen LogP contribution in [-0.4, -0.2) is 39.1 Å². The number of halogens is 2. The van der Waals surface area contributed by atoms with Gasteiger partial charge in [-0.05, 0) is 48.5 Å². The van der Waals surface area contributed by atoms with E-state index in [1.807, 2.05) is 0 Å². The van der Waals surface area contributed by atoms with Crippen LogP contribution in [0.4, 0.5) is 14.5 Å². The van der Waals surface area contributed by atoms with E-state index in [-0.39, 0.29) is 4.90 Å². The summed E-state index contributed by atoms with van der Waals surface area (Å²) in [6.45, 7) is -0.504. The lowest BCUT2D eigenvalue weighted by atomic mass is 10.2. The molecule has 1 aliphatic rings. The highest BCUT2D eigenvalue weighted by molar-refractivity contribution is 7.90. The Hall–Kier alpha value is -2.52. The molecule has 9 heteroatoms. The molecular weight excluding hydrogens is 378 g/mol. The Morgan fingerprint density at radius 2 is 1.67 bits per heavy atom. The van der Waals surface area contributed by atoms with E-state index in [0.717, 1.165) is 6.26 Å². The fourth-order valence-corrected chi connectivity index (χ4v) is 3.26. The zero-order chi connectivity index (χ0) is 19.7. The van der Waals surface area contributed by atoms with Gasteiger partial charge in [-0.1, -0.05) is 0 Å². The molecule has 2 aromatic rings. The summed E-state index contributed by atoms with van der Waals surface area (Å²) in [4.78, 5) is 12.2. The van der Waals surface area contributed by atoms with Crippen molar-refractivity contribution in [3.63, 3.8) is 0 Å². The quantitative estimate of drug-likeness (QED) is 0.812. The third kappa shape index (κ3) is 5.01. The first kappa shape index (κ1) is 19.2. The number of anilines is 1. The topological polar surface area (TPSA) is 84.5 Å².